The zero-order valence-corrected chi connectivity index (χ0v) is 12.9. The zero-order valence-electron chi connectivity index (χ0n) is 12.9. The summed E-state index contributed by atoms with van der Waals surface area (Å²) in [5, 5.41) is 0. The second-order valence-corrected chi connectivity index (χ2v) is 5.49. The Kier molecular flexibility index (Phi) is 3.85. The maximum atomic E-state index is 11.4. The molecule has 6 heteroatoms. The highest BCUT2D eigenvalue weighted by Gasteiger charge is 2.32. The van der Waals surface area contributed by atoms with Crippen molar-refractivity contribution in [2.24, 2.45) is 0 Å². The molecule has 0 radical (unpaired) electrons. The molecule has 116 valence electrons. The third kappa shape index (κ3) is 2.46. The second kappa shape index (κ2) is 5.81. The highest BCUT2D eigenvalue weighted by atomic mass is 16.7. The largest absolute Gasteiger partial charge is 0.514 e. The number of rotatable bonds is 2. The number of hydrogen-bond acceptors (Lipinski definition) is 5. The molecule has 2 heterocycles. The van der Waals surface area contributed by atoms with E-state index in [-0.39, 0.29) is 12.1 Å². The number of imidazole rings is 1. The van der Waals surface area contributed by atoms with Gasteiger partial charge < -0.3 is 9.47 Å². The number of fused-ring (bicyclic) bond motifs is 1. The summed E-state index contributed by atoms with van der Waals surface area (Å²) < 4.78 is 11.7. The fraction of sp³-hybridized carbons (Fsp3) is 0.375. The number of aromatic nitrogens is 2. The van der Waals surface area contributed by atoms with E-state index in [0.717, 1.165) is 6.54 Å². The molecule has 2 aromatic rings. The minimum absolute atomic E-state index is 0.0251. The summed E-state index contributed by atoms with van der Waals surface area (Å²) in [6.07, 6.45) is 2.47. The van der Waals surface area contributed by atoms with Crippen molar-refractivity contribution in [1.82, 2.24) is 14.5 Å². The molecule has 0 bridgehead atoms. The predicted octanol–water partition coefficient (Wildman–Crippen LogP) is 2.45. The van der Waals surface area contributed by atoms with Crippen LogP contribution < -0.4 is 4.74 Å². The van der Waals surface area contributed by atoms with E-state index < -0.39 is 6.16 Å². The Hall–Kier alpha value is -2.34. The summed E-state index contributed by atoms with van der Waals surface area (Å²) in [5.41, 5.74) is 2.49. The fourth-order valence-electron chi connectivity index (χ4n) is 2.97. The van der Waals surface area contributed by atoms with Gasteiger partial charge in [-0.3, -0.25) is 9.47 Å². The van der Waals surface area contributed by atoms with Crippen molar-refractivity contribution in [3.05, 3.63) is 47.9 Å². The van der Waals surface area contributed by atoms with Crippen LogP contribution in [0.2, 0.25) is 0 Å². The minimum atomic E-state index is -0.744. The Bertz CT molecular complexity index is 683. The second-order valence-electron chi connectivity index (χ2n) is 5.49. The number of nitrogens with zero attached hydrogens (tertiary/aromatic N) is 3. The molecule has 0 N–H and O–H groups in total. The lowest BCUT2D eigenvalue weighted by atomic mass is 9.90. The standard InChI is InChI=1S/C16H19N3O3/c1-11-15(13-7-5-4-6-12(13)9-18(11)2)19-10-17-8-14(19)22-16(20)21-3/h4-8,10-11,15H,9H2,1-3H3. The Morgan fingerprint density at radius 3 is 2.91 bits per heavy atom. The number of benzene rings is 1. The summed E-state index contributed by atoms with van der Waals surface area (Å²) in [5.74, 6) is 0.383. The number of carbonyl (C=O) groups excluding carboxylic acids is 1. The van der Waals surface area contributed by atoms with Gasteiger partial charge in [-0.2, -0.15) is 0 Å². The first kappa shape index (κ1) is 14.6. The van der Waals surface area contributed by atoms with Crippen LogP contribution in [0.25, 0.3) is 0 Å². The Labute approximate surface area is 129 Å². The Morgan fingerprint density at radius 1 is 1.36 bits per heavy atom. The molecule has 0 amide bonds. The monoisotopic (exact) mass is 301 g/mol. The van der Waals surface area contributed by atoms with E-state index in [0.29, 0.717) is 5.88 Å². The van der Waals surface area contributed by atoms with Crippen molar-refractivity contribution in [2.45, 2.75) is 25.6 Å². The van der Waals surface area contributed by atoms with Crippen molar-refractivity contribution in [2.75, 3.05) is 14.2 Å². The van der Waals surface area contributed by atoms with Gasteiger partial charge in [0.05, 0.1) is 25.7 Å². The average molecular weight is 301 g/mol. The van der Waals surface area contributed by atoms with Gasteiger partial charge in [-0.15, -0.1) is 0 Å². The molecule has 22 heavy (non-hydrogen) atoms. The van der Waals surface area contributed by atoms with Crippen molar-refractivity contribution in [3.63, 3.8) is 0 Å². The minimum Gasteiger partial charge on any atom is -0.437 e. The van der Waals surface area contributed by atoms with Gasteiger partial charge >= 0.3 is 6.16 Å². The van der Waals surface area contributed by atoms with Crippen molar-refractivity contribution >= 4 is 6.16 Å². The molecule has 3 rings (SSSR count). The van der Waals surface area contributed by atoms with E-state index in [1.54, 1.807) is 6.33 Å². The molecule has 0 spiro atoms. The highest BCUT2D eigenvalue weighted by Crippen LogP contribution is 2.35. The molecule has 1 aliphatic heterocycles. The lowest BCUT2D eigenvalue weighted by molar-refractivity contribution is 0.114. The molecular weight excluding hydrogens is 282 g/mol. The van der Waals surface area contributed by atoms with Crippen LogP contribution in [0.1, 0.15) is 24.1 Å². The number of hydrogen-bond donors (Lipinski definition) is 0. The van der Waals surface area contributed by atoms with E-state index in [9.17, 15) is 4.79 Å². The number of carbonyl (C=O) groups is 1. The van der Waals surface area contributed by atoms with Gasteiger partial charge in [0.1, 0.15) is 0 Å². The lowest BCUT2D eigenvalue weighted by Crippen LogP contribution is -2.41. The normalized spacial score (nSPS) is 21.2. The number of methoxy groups -OCH3 is 1. The van der Waals surface area contributed by atoms with Crippen LogP contribution in [-0.2, 0) is 11.3 Å². The van der Waals surface area contributed by atoms with Gasteiger partial charge in [0.2, 0.25) is 5.88 Å². The van der Waals surface area contributed by atoms with Crippen LogP contribution in [0, 0.1) is 0 Å². The molecule has 6 nitrogen and oxygen atoms in total. The van der Waals surface area contributed by atoms with Gasteiger partial charge in [-0.1, -0.05) is 24.3 Å². The molecule has 0 aliphatic carbocycles. The van der Waals surface area contributed by atoms with Gasteiger partial charge in [0.15, 0.2) is 0 Å². The molecule has 0 saturated carbocycles. The molecule has 2 unspecified atom stereocenters. The summed E-state index contributed by atoms with van der Waals surface area (Å²) in [6.45, 7) is 3.05. The van der Waals surface area contributed by atoms with Crippen LogP contribution in [0.15, 0.2) is 36.8 Å². The van der Waals surface area contributed by atoms with Crippen molar-refractivity contribution in [3.8, 4) is 5.88 Å². The van der Waals surface area contributed by atoms with Crippen LogP contribution in [0.3, 0.4) is 0 Å². The Morgan fingerprint density at radius 2 is 2.14 bits per heavy atom. The predicted molar refractivity (Wildman–Crippen MR) is 80.8 cm³/mol. The first-order chi connectivity index (χ1) is 10.6. The molecule has 1 aliphatic rings. The Balaban J connectivity index is 2.04. The van der Waals surface area contributed by atoms with E-state index >= 15 is 0 Å². The molecule has 0 fully saturated rings. The SMILES string of the molecule is COC(=O)Oc1cncn1C1c2ccccc2CN(C)C1C. The van der Waals surface area contributed by atoms with Gasteiger partial charge in [0.25, 0.3) is 0 Å². The highest BCUT2D eigenvalue weighted by molar-refractivity contribution is 5.62. The van der Waals surface area contributed by atoms with E-state index in [1.807, 2.05) is 16.7 Å². The average Bonchev–Trinajstić information content (AvgIpc) is 2.96. The summed E-state index contributed by atoms with van der Waals surface area (Å²) in [4.78, 5) is 17.8. The van der Waals surface area contributed by atoms with E-state index in [1.165, 1.54) is 24.4 Å². The molecule has 0 saturated heterocycles. The summed E-state index contributed by atoms with van der Waals surface area (Å²) in [7, 11) is 3.38. The van der Waals surface area contributed by atoms with Crippen LogP contribution in [0.5, 0.6) is 5.88 Å². The first-order valence-electron chi connectivity index (χ1n) is 7.17. The van der Waals surface area contributed by atoms with Crippen molar-refractivity contribution in [1.29, 1.82) is 0 Å². The topological polar surface area (TPSA) is 56.6 Å². The maximum absolute atomic E-state index is 11.4. The molecule has 1 aromatic carbocycles. The lowest BCUT2D eigenvalue weighted by Gasteiger charge is -2.39. The quantitative estimate of drug-likeness (QED) is 0.798. The third-order valence-electron chi connectivity index (χ3n) is 4.23. The van der Waals surface area contributed by atoms with Crippen LogP contribution in [0.4, 0.5) is 4.79 Å². The zero-order chi connectivity index (χ0) is 15.7. The molecule has 1 aromatic heterocycles. The summed E-state index contributed by atoms with van der Waals surface area (Å²) >= 11 is 0. The van der Waals surface area contributed by atoms with E-state index in [2.05, 4.69) is 40.7 Å². The number of ether oxygens (including phenoxy) is 2. The maximum Gasteiger partial charge on any atom is 0.514 e. The van der Waals surface area contributed by atoms with Crippen LogP contribution in [-0.4, -0.2) is 40.8 Å². The third-order valence-corrected chi connectivity index (χ3v) is 4.23. The first-order valence-corrected chi connectivity index (χ1v) is 7.17. The van der Waals surface area contributed by atoms with Gasteiger partial charge in [-0.25, -0.2) is 9.78 Å². The van der Waals surface area contributed by atoms with Gasteiger partial charge in [0, 0.05) is 12.6 Å². The van der Waals surface area contributed by atoms with Crippen LogP contribution >= 0.6 is 0 Å². The van der Waals surface area contributed by atoms with Gasteiger partial charge in [-0.05, 0) is 25.1 Å². The smallest absolute Gasteiger partial charge is 0.437 e. The molecule has 2 atom stereocenters. The van der Waals surface area contributed by atoms with Crippen molar-refractivity contribution < 1.29 is 14.3 Å². The summed E-state index contributed by atoms with van der Waals surface area (Å²) in [6, 6.07) is 8.58. The number of likely N-dealkylation sites (N-methyl/N-ethyl adjacent to an activating group) is 1. The van der Waals surface area contributed by atoms with E-state index in [4.69, 9.17) is 4.74 Å². The fourth-order valence-corrected chi connectivity index (χ4v) is 2.97. The molecular formula is C16H19N3O3.